The van der Waals surface area contributed by atoms with Gasteiger partial charge in [-0.05, 0) is 50.5 Å². The number of urea groups is 1. The summed E-state index contributed by atoms with van der Waals surface area (Å²) in [7, 11) is 3.24. The zero-order chi connectivity index (χ0) is 22.9. The molecular weight excluding hydrogens is 408 g/mol. The Balaban J connectivity index is 1.61. The molecule has 172 valence electrons. The first-order valence-electron chi connectivity index (χ1n) is 11.0. The molecule has 2 heterocycles. The SMILES string of the molecule is COCCCNC(=O)c1ccc(C)nc1C1CCN(C(=O)Nc2cccc(OC)c2)CC1. The third-order valence-electron chi connectivity index (χ3n) is 5.61. The topological polar surface area (TPSA) is 92.8 Å². The van der Waals surface area contributed by atoms with E-state index < -0.39 is 0 Å². The highest BCUT2D eigenvalue weighted by Crippen LogP contribution is 2.30. The van der Waals surface area contributed by atoms with E-state index in [0.29, 0.717) is 43.2 Å². The number of rotatable bonds is 8. The summed E-state index contributed by atoms with van der Waals surface area (Å²) in [6.45, 7) is 4.30. The lowest BCUT2D eigenvalue weighted by atomic mass is 9.90. The lowest BCUT2D eigenvalue weighted by Gasteiger charge is -2.32. The molecule has 1 aromatic heterocycles. The van der Waals surface area contributed by atoms with Crippen molar-refractivity contribution >= 4 is 17.6 Å². The van der Waals surface area contributed by atoms with E-state index in [9.17, 15) is 9.59 Å². The minimum Gasteiger partial charge on any atom is -0.497 e. The van der Waals surface area contributed by atoms with Crippen LogP contribution in [-0.2, 0) is 4.74 Å². The van der Waals surface area contributed by atoms with Crippen LogP contribution >= 0.6 is 0 Å². The van der Waals surface area contributed by atoms with Gasteiger partial charge in [0.1, 0.15) is 5.75 Å². The molecule has 2 N–H and O–H groups in total. The summed E-state index contributed by atoms with van der Waals surface area (Å²) in [4.78, 5) is 31.9. The van der Waals surface area contributed by atoms with Gasteiger partial charge in [-0.3, -0.25) is 9.78 Å². The van der Waals surface area contributed by atoms with Gasteiger partial charge >= 0.3 is 6.03 Å². The van der Waals surface area contributed by atoms with Crippen LogP contribution in [0.1, 0.15) is 46.9 Å². The van der Waals surface area contributed by atoms with E-state index >= 15 is 0 Å². The number of nitrogens with one attached hydrogen (secondary N) is 2. The number of methoxy groups -OCH3 is 2. The number of aromatic nitrogens is 1. The van der Waals surface area contributed by atoms with Gasteiger partial charge in [0.2, 0.25) is 0 Å². The molecular formula is C24H32N4O4. The third kappa shape index (κ3) is 6.20. The average Bonchev–Trinajstić information content (AvgIpc) is 2.82. The van der Waals surface area contributed by atoms with Crippen LogP contribution in [-0.4, -0.2) is 62.3 Å². The van der Waals surface area contributed by atoms with Crippen LogP contribution in [0.3, 0.4) is 0 Å². The molecule has 32 heavy (non-hydrogen) atoms. The van der Waals surface area contributed by atoms with Crippen molar-refractivity contribution in [1.29, 1.82) is 0 Å². The fraction of sp³-hybridized carbons (Fsp3) is 0.458. The summed E-state index contributed by atoms with van der Waals surface area (Å²) in [5, 5.41) is 5.88. The Morgan fingerprint density at radius 2 is 1.94 bits per heavy atom. The number of carbonyl (C=O) groups excluding carboxylic acids is 2. The molecule has 2 aromatic rings. The Morgan fingerprint density at radius 3 is 2.66 bits per heavy atom. The molecule has 0 radical (unpaired) electrons. The van der Waals surface area contributed by atoms with Crippen molar-refractivity contribution in [3.63, 3.8) is 0 Å². The Bertz CT molecular complexity index is 926. The van der Waals surface area contributed by atoms with E-state index in [4.69, 9.17) is 14.5 Å². The van der Waals surface area contributed by atoms with E-state index in [1.165, 1.54) is 0 Å². The van der Waals surface area contributed by atoms with Gasteiger partial charge in [0.05, 0.1) is 18.4 Å². The second-order valence-electron chi connectivity index (χ2n) is 7.91. The first-order chi connectivity index (χ1) is 15.5. The monoisotopic (exact) mass is 440 g/mol. The predicted octanol–water partition coefficient (Wildman–Crippen LogP) is 3.58. The van der Waals surface area contributed by atoms with Crippen molar-refractivity contribution in [3.8, 4) is 5.75 Å². The Hall–Kier alpha value is -3.13. The molecule has 0 aliphatic carbocycles. The molecule has 3 amide bonds. The summed E-state index contributed by atoms with van der Waals surface area (Å²) >= 11 is 0. The van der Waals surface area contributed by atoms with Crippen LogP contribution in [0.4, 0.5) is 10.5 Å². The molecule has 1 saturated heterocycles. The lowest BCUT2D eigenvalue weighted by molar-refractivity contribution is 0.0945. The molecule has 1 fully saturated rings. The molecule has 8 heteroatoms. The first kappa shape index (κ1) is 23.5. The van der Waals surface area contributed by atoms with Gasteiger partial charge < -0.3 is 25.0 Å². The standard InChI is InChI=1S/C24H32N4O4/c1-17-8-9-21(23(29)25-12-5-15-31-2)22(26-17)18-10-13-28(14-11-18)24(30)27-19-6-4-7-20(16-19)32-3/h4,6-9,16,18H,5,10-15H2,1-3H3,(H,25,29)(H,27,30). The number of hydrogen-bond acceptors (Lipinski definition) is 5. The zero-order valence-electron chi connectivity index (χ0n) is 19.0. The van der Waals surface area contributed by atoms with Gasteiger partial charge in [0.25, 0.3) is 5.91 Å². The molecule has 3 rings (SSSR count). The van der Waals surface area contributed by atoms with Gasteiger partial charge in [-0.1, -0.05) is 6.07 Å². The van der Waals surface area contributed by atoms with Crippen LogP contribution in [0.25, 0.3) is 0 Å². The minimum atomic E-state index is -0.134. The molecule has 0 saturated carbocycles. The Morgan fingerprint density at radius 1 is 1.16 bits per heavy atom. The van der Waals surface area contributed by atoms with Crippen LogP contribution in [0.2, 0.25) is 0 Å². The van der Waals surface area contributed by atoms with Gasteiger partial charge in [0, 0.05) is 56.7 Å². The maximum atomic E-state index is 12.7. The van der Waals surface area contributed by atoms with Crippen LogP contribution < -0.4 is 15.4 Å². The van der Waals surface area contributed by atoms with Crippen LogP contribution in [0, 0.1) is 6.92 Å². The number of aryl methyl sites for hydroxylation is 1. The summed E-state index contributed by atoms with van der Waals surface area (Å²) in [6.07, 6.45) is 2.27. The maximum Gasteiger partial charge on any atom is 0.321 e. The van der Waals surface area contributed by atoms with E-state index in [1.54, 1.807) is 25.2 Å². The number of nitrogens with zero attached hydrogens (tertiary/aromatic N) is 2. The van der Waals surface area contributed by atoms with Crippen molar-refractivity contribution in [1.82, 2.24) is 15.2 Å². The Kier molecular flexibility index (Phi) is 8.44. The fourth-order valence-corrected chi connectivity index (χ4v) is 3.85. The first-order valence-corrected chi connectivity index (χ1v) is 11.0. The molecule has 0 atom stereocenters. The van der Waals surface area contributed by atoms with E-state index in [0.717, 1.165) is 30.7 Å². The largest absolute Gasteiger partial charge is 0.497 e. The predicted molar refractivity (Wildman–Crippen MR) is 123 cm³/mol. The number of hydrogen-bond donors (Lipinski definition) is 2. The molecule has 0 unspecified atom stereocenters. The van der Waals surface area contributed by atoms with Gasteiger partial charge in [0.15, 0.2) is 0 Å². The summed E-state index contributed by atoms with van der Waals surface area (Å²) in [6, 6.07) is 10.9. The smallest absolute Gasteiger partial charge is 0.321 e. The summed E-state index contributed by atoms with van der Waals surface area (Å²) in [5.41, 5.74) is 3.02. The molecule has 0 bridgehead atoms. The second-order valence-corrected chi connectivity index (χ2v) is 7.91. The highest BCUT2D eigenvalue weighted by molar-refractivity contribution is 5.95. The van der Waals surface area contributed by atoms with Crippen molar-refractivity contribution in [3.05, 3.63) is 53.3 Å². The number of pyridine rings is 1. The molecule has 1 aromatic carbocycles. The average molecular weight is 441 g/mol. The molecule has 1 aliphatic heterocycles. The van der Waals surface area contributed by atoms with E-state index in [2.05, 4.69) is 10.6 Å². The second kappa shape index (κ2) is 11.5. The number of ether oxygens (including phenoxy) is 2. The Labute approximate surface area is 189 Å². The van der Waals surface area contributed by atoms with Crippen molar-refractivity contribution in [2.75, 3.05) is 45.8 Å². The number of anilines is 1. The van der Waals surface area contributed by atoms with Gasteiger partial charge in [-0.2, -0.15) is 0 Å². The number of likely N-dealkylation sites (tertiary alicyclic amines) is 1. The molecule has 1 aliphatic rings. The number of carbonyl (C=O) groups is 2. The number of amides is 3. The van der Waals surface area contributed by atoms with Crippen LogP contribution in [0.15, 0.2) is 36.4 Å². The van der Waals surface area contributed by atoms with E-state index in [-0.39, 0.29) is 17.9 Å². The van der Waals surface area contributed by atoms with E-state index in [1.807, 2.05) is 37.3 Å². The zero-order valence-corrected chi connectivity index (χ0v) is 19.0. The van der Waals surface area contributed by atoms with Gasteiger partial charge in [-0.15, -0.1) is 0 Å². The number of piperidine rings is 1. The quantitative estimate of drug-likeness (QED) is 0.612. The highest BCUT2D eigenvalue weighted by atomic mass is 16.5. The lowest BCUT2D eigenvalue weighted by Crippen LogP contribution is -2.41. The summed E-state index contributed by atoms with van der Waals surface area (Å²) in [5.74, 6) is 0.720. The minimum absolute atomic E-state index is 0.109. The maximum absolute atomic E-state index is 12.7. The fourth-order valence-electron chi connectivity index (χ4n) is 3.85. The van der Waals surface area contributed by atoms with Crippen molar-refractivity contribution < 1.29 is 19.1 Å². The highest BCUT2D eigenvalue weighted by Gasteiger charge is 2.28. The van der Waals surface area contributed by atoms with Crippen molar-refractivity contribution in [2.24, 2.45) is 0 Å². The van der Waals surface area contributed by atoms with Crippen LogP contribution in [0.5, 0.6) is 5.75 Å². The molecule has 0 spiro atoms. The number of benzene rings is 1. The normalized spacial score (nSPS) is 14.2. The third-order valence-corrected chi connectivity index (χ3v) is 5.61. The van der Waals surface area contributed by atoms with Crippen molar-refractivity contribution in [2.45, 2.75) is 32.1 Å². The molecule has 8 nitrogen and oxygen atoms in total. The van der Waals surface area contributed by atoms with Gasteiger partial charge in [-0.25, -0.2) is 4.79 Å². The summed E-state index contributed by atoms with van der Waals surface area (Å²) < 4.78 is 10.2.